The highest BCUT2D eigenvalue weighted by Gasteiger charge is 2.46. The normalized spacial score (nSPS) is 16.2. The second-order valence-corrected chi connectivity index (χ2v) is 20.6. The van der Waals surface area contributed by atoms with E-state index < -0.39 is 25.2 Å². The molecule has 0 N–H and O–H groups in total. The van der Waals surface area contributed by atoms with E-state index in [1.165, 1.54) is 0 Å². The van der Waals surface area contributed by atoms with E-state index in [4.69, 9.17) is 8.23 Å². The molecule has 0 aliphatic rings. The van der Waals surface area contributed by atoms with E-state index >= 15 is 0 Å². The zero-order valence-corrected chi connectivity index (χ0v) is 17.2. The van der Waals surface area contributed by atoms with Crippen molar-refractivity contribution in [3.63, 3.8) is 0 Å². The van der Waals surface area contributed by atoms with Crippen LogP contribution in [0.5, 0.6) is 0 Å². The van der Waals surface area contributed by atoms with Gasteiger partial charge in [-0.15, -0.1) is 0 Å². The molecule has 1 atom stereocenters. The molecule has 0 saturated heterocycles. The summed E-state index contributed by atoms with van der Waals surface area (Å²) >= 11 is 0. The summed E-state index contributed by atoms with van der Waals surface area (Å²) in [6.45, 7) is 22.9. The van der Waals surface area contributed by atoms with Crippen molar-refractivity contribution < 1.29 is 8.23 Å². The lowest BCUT2D eigenvalue weighted by Gasteiger charge is -2.44. The van der Waals surface area contributed by atoms with Crippen molar-refractivity contribution in [2.24, 2.45) is 5.92 Å². The maximum atomic E-state index is 6.61. The molecule has 0 aliphatic heterocycles. The molecular weight excluding hydrogens is 272 g/mol. The summed E-state index contributed by atoms with van der Waals surface area (Å²) in [5, 5.41) is 0. The van der Waals surface area contributed by atoms with E-state index in [1.807, 2.05) is 0 Å². The van der Waals surface area contributed by atoms with Gasteiger partial charge < -0.3 is 8.23 Å². The lowest BCUT2D eigenvalue weighted by Crippen LogP contribution is -2.56. The van der Waals surface area contributed by atoms with E-state index in [0.717, 1.165) is 6.42 Å². The standard InChI is InChI=1S/C13H34O2Si3/c1-11-13(12(2)3)18(10,14-16(4,5)6)15-17(7,8)9/h12-13H,11H2,1-10H3. The zero-order chi connectivity index (χ0) is 14.8. The predicted molar refractivity (Wildman–Crippen MR) is 89.4 cm³/mol. The maximum Gasteiger partial charge on any atom is 0.317 e. The van der Waals surface area contributed by atoms with Crippen LogP contribution in [0, 0.1) is 5.92 Å². The third-order valence-corrected chi connectivity index (χ3v) is 13.5. The first kappa shape index (κ1) is 18.6. The third-order valence-electron chi connectivity index (χ3n) is 2.94. The quantitative estimate of drug-likeness (QED) is 0.602. The van der Waals surface area contributed by atoms with Crippen LogP contribution >= 0.6 is 0 Å². The van der Waals surface area contributed by atoms with Gasteiger partial charge in [0.05, 0.1) is 0 Å². The smallest absolute Gasteiger partial charge is 0.317 e. The fourth-order valence-electron chi connectivity index (χ4n) is 2.84. The molecule has 0 saturated carbocycles. The Morgan fingerprint density at radius 2 is 1.11 bits per heavy atom. The molecule has 0 aromatic carbocycles. The minimum absolute atomic E-state index is 0.593. The Hall–Kier alpha value is 0.571. The summed E-state index contributed by atoms with van der Waals surface area (Å²) in [4.78, 5) is 0. The van der Waals surface area contributed by atoms with Crippen LogP contribution in [-0.2, 0) is 8.23 Å². The van der Waals surface area contributed by atoms with Gasteiger partial charge in [0.25, 0.3) is 0 Å². The largest absolute Gasteiger partial charge is 0.436 e. The zero-order valence-electron chi connectivity index (χ0n) is 14.2. The molecule has 0 bridgehead atoms. The fraction of sp³-hybridized carbons (Fsp3) is 1.00. The second kappa shape index (κ2) is 6.35. The van der Waals surface area contributed by atoms with Crippen LogP contribution < -0.4 is 0 Å². The average Bonchev–Trinajstić information content (AvgIpc) is 1.94. The Kier molecular flexibility index (Phi) is 6.55. The first-order chi connectivity index (χ1) is 7.81. The highest BCUT2D eigenvalue weighted by molar-refractivity contribution is 6.88. The topological polar surface area (TPSA) is 18.5 Å². The van der Waals surface area contributed by atoms with Crippen LogP contribution in [0.25, 0.3) is 0 Å². The molecule has 5 heteroatoms. The van der Waals surface area contributed by atoms with Crippen molar-refractivity contribution in [3.05, 3.63) is 0 Å². The van der Waals surface area contributed by atoms with Gasteiger partial charge >= 0.3 is 8.56 Å². The molecule has 0 heterocycles. The molecule has 1 unspecified atom stereocenters. The predicted octanol–water partition coefficient (Wildman–Crippen LogP) is 5.20. The summed E-state index contributed by atoms with van der Waals surface area (Å²) in [6, 6.07) is 0. The number of rotatable bonds is 7. The van der Waals surface area contributed by atoms with Crippen molar-refractivity contribution in [1.82, 2.24) is 0 Å². The van der Waals surface area contributed by atoms with Gasteiger partial charge in [-0.2, -0.15) is 0 Å². The molecule has 0 fully saturated rings. The lowest BCUT2D eigenvalue weighted by atomic mass is 10.1. The van der Waals surface area contributed by atoms with E-state index in [9.17, 15) is 0 Å². The molecule has 0 rings (SSSR count). The van der Waals surface area contributed by atoms with E-state index in [0.29, 0.717) is 11.5 Å². The highest BCUT2D eigenvalue weighted by atomic mass is 28.5. The van der Waals surface area contributed by atoms with Gasteiger partial charge in [-0.1, -0.05) is 27.2 Å². The van der Waals surface area contributed by atoms with Crippen molar-refractivity contribution >= 4 is 25.2 Å². The van der Waals surface area contributed by atoms with E-state index in [-0.39, 0.29) is 0 Å². The molecule has 2 nitrogen and oxygen atoms in total. The van der Waals surface area contributed by atoms with Crippen LogP contribution in [-0.4, -0.2) is 25.2 Å². The minimum Gasteiger partial charge on any atom is -0.436 e. The SMILES string of the molecule is CCC(C(C)C)[Si](C)(O[Si](C)(C)C)O[Si](C)(C)C. The van der Waals surface area contributed by atoms with Crippen LogP contribution in [0.3, 0.4) is 0 Å². The van der Waals surface area contributed by atoms with Gasteiger partial charge in [-0.05, 0) is 51.7 Å². The fourth-order valence-corrected chi connectivity index (χ4v) is 16.3. The molecule has 110 valence electrons. The van der Waals surface area contributed by atoms with Gasteiger partial charge in [0.2, 0.25) is 0 Å². The Balaban J connectivity index is 5.25. The van der Waals surface area contributed by atoms with Gasteiger partial charge in [0.15, 0.2) is 16.6 Å². The van der Waals surface area contributed by atoms with Crippen molar-refractivity contribution in [1.29, 1.82) is 0 Å². The molecule has 0 aromatic rings. The second-order valence-electron chi connectivity index (χ2n) is 7.70. The Labute approximate surface area is 118 Å². The van der Waals surface area contributed by atoms with Crippen LogP contribution in [0.15, 0.2) is 0 Å². The first-order valence-electron chi connectivity index (χ1n) is 7.21. The van der Waals surface area contributed by atoms with Gasteiger partial charge in [0.1, 0.15) is 0 Å². The summed E-state index contributed by atoms with van der Waals surface area (Å²) in [5.74, 6) is 0.638. The Morgan fingerprint density at radius 1 is 0.778 bits per heavy atom. The van der Waals surface area contributed by atoms with E-state index in [2.05, 4.69) is 66.6 Å². The summed E-state index contributed by atoms with van der Waals surface area (Å²) in [5.41, 5.74) is 0.593. The number of hydrogen-bond acceptors (Lipinski definition) is 2. The van der Waals surface area contributed by atoms with Gasteiger partial charge in [-0.25, -0.2) is 0 Å². The van der Waals surface area contributed by atoms with Gasteiger partial charge in [-0.3, -0.25) is 0 Å². The summed E-state index contributed by atoms with van der Waals surface area (Å²) < 4.78 is 13.2. The molecular formula is C13H34O2Si3. The molecule has 0 amide bonds. The van der Waals surface area contributed by atoms with Crippen molar-refractivity contribution in [2.45, 2.75) is 78.6 Å². The van der Waals surface area contributed by atoms with Crippen molar-refractivity contribution in [2.75, 3.05) is 0 Å². The van der Waals surface area contributed by atoms with Crippen LogP contribution in [0.2, 0.25) is 51.4 Å². The number of hydrogen-bond donors (Lipinski definition) is 0. The first-order valence-corrected chi connectivity index (χ1v) is 16.4. The van der Waals surface area contributed by atoms with Crippen LogP contribution in [0.4, 0.5) is 0 Å². The minimum atomic E-state index is -2.09. The molecule has 18 heavy (non-hydrogen) atoms. The molecule has 0 aromatic heterocycles. The monoisotopic (exact) mass is 306 g/mol. The molecule has 0 spiro atoms. The molecule has 0 radical (unpaired) electrons. The van der Waals surface area contributed by atoms with Gasteiger partial charge in [0, 0.05) is 5.54 Å². The Bertz CT molecular complexity index is 238. The molecule has 0 aliphatic carbocycles. The van der Waals surface area contributed by atoms with E-state index in [1.54, 1.807) is 0 Å². The summed E-state index contributed by atoms with van der Waals surface area (Å²) in [7, 11) is -5.21. The highest BCUT2D eigenvalue weighted by Crippen LogP contribution is 2.38. The Morgan fingerprint density at radius 3 is 1.28 bits per heavy atom. The third kappa shape index (κ3) is 6.65. The lowest BCUT2D eigenvalue weighted by molar-refractivity contribution is 0.335. The van der Waals surface area contributed by atoms with Crippen LogP contribution in [0.1, 0.15) is 27.2 Å². The summed E-state index contributed by atoms with van der Waals surface area (Å²) in [6.07, 6.45) is 1.16. The maximum absolute atomic E-state index is 6.61. The average molecular weight is 307 g/mol. The van der Waals surface area contributed by atoms with Crippen molar-refractivity contribution in [3.8, 4) is 0 Å².